The highest BCUT2D eigenvalue weighted by molar-refractivity contribution is 9.10. The number of benzene rings is 1. The van der Waals surface area contributed by atoms with Gasteiger partial charge in [-0.3, -0.25) is 9.48 Å². The first-order valence-electron chi connectivity index (χ1n) is 9.96. The summed E-state index contributed by atoms with van der Waals surface area (Å²) in [7, 11) is 0. The number of nitrogens with zero attached hydrogens (tertiary/aromatic N) is 3. The first-order chi connectivity index (χ1) is 14.2. The number of amides is 2. The van der Waals surface area contributed by atoms with E-state index in [4.69, 9.17) is 9.47 Å². The molecule has 9 heteroatoms. The Hall–Kier alpha value is -2.55. The molecule has 0 bridgehead atoms. The van der Waals surface area contributed by atoms with Crippen LogP contribution < -0.4 is 10.1 Å². The van der Waals surface area contributed by atoms with E-state index in [1.807, 2.05) is 45.0 Å². The predicted octanol–water partition coefficient (Wildman–Crippen LogP) is 3.13. The van der Waals surface area contributed by atoms with E-state index < -0.39 is 5.60 Å². The number of aromatic nitrogens is 2. The zero-order valence-electron chi connectivity index (χ0n) is 17.3. The van der Waals surface area contributed by atoms with E-state index >= 15 is 0 Å². The van der Waals surface area contributed by atoms with Gasteiger partial charge in [-0.05, 0) is 54.8 Å². The van der Waals surface area contributed by atoms with E-state index in [9.17, 15) is 9.59 Å². The van der Waals surface area contributed by atoms with Crippen molar-refractivity contribution in [2.45, 2.75) is 51.9 Å². The van der Waals surface area contributed by atoms with Gasteiger partial charge in [-0.1, -0.05) is 18.2 Å². The Morgan fingerprint density at radius 3 is 2.80 bits per heavy atom. The summed E-state index contributed by atoms with van der Waals surface area (Å²) in [6.07, 6.45) is 0.338. The fourth-order valence-electron chi connectivity index (χ4n) is 3.59. The maximum Gasteiger partial charge on any atom is 0.410 e. The van der Waals surface area contributed by atoms with Gasteiger partial charge >= 0.3 is 6.09 Å². The van der Waals surface area contributed by atoms with Crippen LogP contribution >= 0.6 is 15.9 Å². The van der Waals surface area contributed by atoms with Gasteiger partial charge in [0.2, 0.25) is 0 Å². The highest BCUT2D eigenvalue weighted by Crippen LogP contribution is 2.28. The number of ether oxygens (including phenoxy) is 2. The lowest BCUT2D eigenvalue weighted by atomic mass is 10.0. The van der Waals surface area contributed by atoms with Crippen LogP contribution in [0.25, 0.3) is 0 Å². The van der Waals surface area contributed by atoms with Gasteiger partial charge in [-0.25, -0.2) is 4.79 Å². The Kier molecular flexibility index (Phi) is 5.48. The van der Waals surface area contributed by atoms with Crippen molar-refractivity contribution in [3.63, 3.8) is 0 Å². The van der Waals surface area contributed by atoms with E-state index in [1.165, 1.54) is 0 Å². The number of hydrogen-bond donors (Lipinski definition) is 1. The summed E-state index contributed by atoms with van der Waals surface area (Å²) in [6.45, 7) is 7.24. The minimum absolute atomic E-state index is 0.128. The molecule has 2 aliphatic rings. The van der Waals surface area contributed by atoms with Crippen molar-refractivity contribution in [3.05, 3.63) is 45.7 Å². The Morgan fingerprint density at radius 2 is 2.03 bits per heavy atom. The number of carbonyl (C=O) groups is 2. The highest BCUT2D eigenvalue weighted by Gasteiger charge is 2.31. The molecule has 2 amide bonds. The van der Waals surface area contributed by atoms with Crippen LogP contribution in [-0.4, -0.2) is 51.5 Å². The molecule has 0 aliphatic carbocycles. The van der Waals surface area contributed by atoms with Crippen LogP contribution in [0.1, 0.15) is 42.5 Å². The van der Waals surface area contributed by atoms with Crippen LogP contribution in [0.15, 0.2) is 28.7 Å². The summed E-state index contributed by atoms with van der Waals surface area (Å²) in [5.41, 5.74) is 1.61. The van der Waals surface area contributed by atoms with E-state index in [-0.39, 0.29) is 18.0 Å². The lowest BCUT2D eigenvalue weighted by Crippen LogP contribution is -2.43. The second-order valence-electron chi connectivity index (χ2n) is 8.53. The normalized spacial score (nSPS) is 18.1. The zero-order valence-corrected chi connectivity index (χ0v) is 18.9. The van der Waals surface area contributed by atoms with Crippen LogP contribution in [-0.2, 0) is 24.2 Å². The number of fused-ring (bicyclic) bond motifs is 2. The Bertz CT molecular complexity index is 982. The summed E-state index contributed by atoms with van der Waals surface area (Å²) in [5, 5.41) is 7.48. The molecule has 0 fully saturated rings. The smallest absolute Gasteiger partial charge is 0.410 e. The molecule has 0 unspecified atom stereocenters. The van der Waals surface area contributed by atoms with Crippen LogP contribution in [0.3, 0.4) is 0 Å². The molecule has 160 valence electrons. The minimum atomic E-state index is -0.558. The van der Waals surface area contributed by atoms with Crippen molar-refractivity contribution >= 4 is 27.9 Å². The monoisotopic (exact) mass is 476 g/mol. The summed E-state index contributed by atoms with van der Waals surface area (Å²) in [4.78, 5) is 26.9. The highest BCUT2D eigenvalue weighted by atomic mass is 79.9. The van der Waals surface area contributed by atoms with Gasteiger partial charge in [0.05, 0.1) is 29.3 Å². The number of carbonyl (C=O) groups excluding carboxylic acids is 2. The van der Waals surface area contributed by atoms with Gasteiger partial charge in [0.25, 0.3) is 5.91 Å². The van der Waals surface area contributed by atoms with Gasteiger partial charge < -0.3 is 19.7 Å². The van der Waals surface area contributed by atoms with E-state index in [0.29, 0.717) is 42.8 Å². The molecular formula is C21H25BrN4O4. The van der Waals surface area contributed by atoms with E-state index in [1.54, 1.807) is 9.58 Å². The molecule has 1 aromatic carbocycles. The molecule has 2 aromatic rings. The predicted molar refractivity (Wildman–Crippen MR) is 113 cm³/mol. The molecule has 2 aliphatic heterocycles. The van der Waals surface area contributed by atoms with E-state index in [0.717, 1.165) is 17.0 Å². The molecule has 30 heavy (non-hydrogen) atoms. The van der Waals surface area contributed by atoms with Gasteiger partial charge in [-0.2, -0.15) is 5.10 Å². The molecule has 0 saturated carbocycles. The summed E-state index contributed by atoms with van der Waals surface area (Å²) in [6, 6.07) is 7.71. The standard InChI is InChI=1S/C21H25BrN4O4/c1-21(2,3)30-20(28)25-8-9-26-15(11-25)17(22)18(24-26)19(27)23-14-10-13-6-4-5-7-16(13)29-12-14/h4-7,14H,8-12H2,1-3H3,(H,23,27)/t14-/m1/s1. The van der Waals surface area contributed by atoms with Crippen molar-refractivity contribution in [1.29, 1.82) is 0 Å². The van der Waals surface area contributed by atoms with E-state index in [2.05, 4.69) is 26.3 Å². The molecule has 0 spiro atoms. The topological polar surface area (TPSA) is 85.7 Å². The third-order valence-corrected chi connectivity index (χ3v) is 5.83. The van der Waals surface area contributed by atoms with Crippen LogP contribution in [0.4, 0.5) is 4.79 Å². The summed E-state index contributed by atoms with van der Waals surface area (Å²) < 4.78 is 13.6. The molecule has 0 saturated heterocycles. The third-order valence-electron chi connectivity index (χ3n) is 5.00. The van der Waals surface area contributed by atoms with Gasteiger partial charge in [-0.15, -0.1) is 0 Å². The van der Waals surface area contributed by atoms with Crippen molar-refractivity contribution in [3.8, 4) is 5.75 Å². The molecular weight excluding hydrogens is 452 g/mol. The number of hydrogen-bond acceptors (Lipinski definition) is 5. The lowest BCUT2D eigenvalue weighted by Gasteiger charge is -2.30. The fourth-order valence-corrected chi connectivity index (χ4v) is 4.18. The number of nitrogens with one attached hydrogen (secondary N) is 1. The lowest BCUT2D eigenvalue weighted by molar-refractivity contribution is 0.0193. The van der Waals surface area contributed by atoms with Crippen molar-refractivity contribution in [2.75, 3.05) is 13.2 Å². The Balaban J connectivity index is 1.44. The summed E-state index contributed by atoms with van der Waals surface area (Å²) >= 11 is 3.51. The zero-order chi connectivity index (χ0) is 21.5. The van der Waals surface area contributed by atoms with Crippen molar-refractivity contribution in [2.24, 2.45) is 0 Å². The third kappa shape index (κ3) is 4.30. The molecule has 1 N–H and O–H groups in total. The maximum atomic E-state index is 12.9. The minimum Gasteiger partial charge on any atom is -0.491 e. The number of rotatable bonds is 2. The SMILES string of the molecule is CC(C)(C)OC(=O)N1CCn2nc(C(=O)N[C@H]3COc4ccccc4C3)c(Br)c2C1. The summed E-state index contributed by atoms with van der Waals surface area (Å²) in [5.74, 6) is 0.601. The Labute approximate surface area is 183 Å². The van der Waals surface area contributed by atoms with Crippen molar-refractivity contribution in [1.82, 2.24) is 20.0 Å². The molecule has 8 nitrogen and oxygen atoms in total. The first kappa shape index (κ1) is 20.7. The molecule has 1 aromatic heterocycles. The first-order valence-corrected chi connectivity index (χ1v) is 10.8. The number of para-hydroxylation sites is 1. The molecule has 4 rings (SSSR count). The average molecular weight is 477 g/mol. The van der Waals surface area contributed by atoms with Gasteiger partial charge in [0.1, 0.15) is 18.0 Å². The van der Waals surface area contributed by atoms with Gasteiger partial charge in [0, 0.05) is 6.54 Å². The van der Waals surface area contributed by atoms with Gasteiger partial charge in [0.15, 0.2) is 5.69 Å². The van der Waals surface area contributed by atoms with Crippen molar-refractivity contribution < 1.29 is 19.1 Å². The number of halogens is 1. The fraction of sp³-hybridized carbons (Fsp3) is 0.476. The van der Waals surface area contributed by atoms with Crippen LogP contribution in [0.5, 0.6) is 5.75 Å². The van der Waals surface area contributed by atoms with Crippen LogP contribution in [0, 0.1) is 0 Å². The largest absolute Gasteiger partial charge is 0.491 e. The maximum absolute atomic E-state index is 12.9. The second kappa shape index (κ2) is 7.94. The molecule has 1 atom stereocenters. The quantitative estimate of drug-likeness (QED) is 0.719. The Morgan fingerprint density at radius 1 is 1.27 bits per heavy atom. The molecule has 0 radical (unpaired) electrons. The molecule has 3 heterocycles. The second-order valence-corrected chi connectivity index (χ2v) is 9.32. The van der Waals surface area contributed by atoms with Crippen LogP contribution in [0.2, 0.25) is 0 Å². The average Bonchev–Trinajstić information content (AvgIpc) is 3.03.